The second-order valence-electron chi connectivity index (χ2n) is 30.6. The predicted octanol–water partition coefficient (Wildman–Crippen LogP) is 19.3. The standard InChI is InChI=1S/2C28H42O2.C14H15.Zr/c2*1-25(2,3)17-13-19(23(29)21(15-17)27(7,8)9)20-14-18(26(4,5)6)16-22(24(20)30)28(10,11)12;1-10-6-7-14-12(8-10)9-11-4-2-3-5-13(11)14;/h2*13-16,29-30H,1-12H3;2-7,11-14H,9H2,1H3;. The van der Waals surface area contributed by atoms with E-state index in [9.17, 15) is 20.4 Å². The Morgan fingerprint density at radius 2 is 0.627 bits per heavy atom. The molecular weight excluding hydrogens is 996 g/mol. The van der Waals surface area contributed by atoms with Crippen molar-refractivity contribution in [2.75, 3.05) is 0 Å². The molecule has 7 rings (SSSR count). The molecule has 0 saturated heterocycles. The summed E-state index contributed by atoms with van der Waals surface area (Å²) in [6.07, 6.45) is 15.5. The second-order valence-corrected chi connectivity index (χ2v) is 31.9. The summed E-state index contributed by atoms with van der Waals surface area (Å²) in [5.41, 5.74) is 11.4. The van der Waals surface area contributed by atoms with Crippen molar-refractivity contribution in [1.29, 1.82) is 0 Å². The van der Waals surface area contributed by atoms with Crippen molar-refractivity contribution in [2.45, 2.75) is 223 Å². The van der Waals surface area contributed by atoms with Crippen molar-refractivity contribution in [3.8, 4) is 45.3 Å². The van der Waals surface area contributed by atoms with Gasteiger partial charge in [-0.3, -0.25) is 0 Å². The third-order valence-corrected chi connectivity index (χ3v) is 17.7. The first kappa shape index (κ1) is 61.8. The monoisotopic (exact) mass is 1090 g/mol. The Balaban J connectivity index is 0.000000219. The van der Waals surface area contributed by atoms with Gasteiger partial charge in [0, 0.05) is 44.5 Å². The van der Waals surface area contributed by atoms with Crippen LogP contribution in [0.3, 0.4) is 0 Å². The van der Waals surface area contributed by atoms with Crippen molar-refractivity contribution in [3.05, 3.63) is 138 Å². The summed E-state index contributed by atoms with van der Waals surface area (Å²) in [5, 5.41) is 45.5. The Kier molecular flexibility index (Phi) is 17.5. The van der Waals surface area contributed by atoms with Crippen LogP contribution in [0.1, 0.15) is 224 Å². The van der Waals surface area contributed by atoms with Gasteiger partial charge in [0.2, 0.25) is 0 Å². The quantitative estimate of drug-likeness (QED) is 0.161. The first-order valence-electron chi connectivity index (χ1n) is 27.7. The average molecular weight is 1100 g/mol. The van der Waals surface area contributed by atoms with E-state index in [1.54, 1.807) is 28.0 Å². The molecule has 0 spiro atoms. The van der Waals surface area contributed by atoms with Crippen molar-refractivity contribution in [3.63, 3.8) is 0 Å². The number of phenols is 4. The predicted molar refractivity (Wildman–Crippen MR) is 319 cm³/mol. The molecule has 0 aromatic heterocycles. The third-order valence-electron chi connectivity index (χ3n) is 15.8. The van der Waals surface area contributed by atoms with Crippen LogP contribution in [0.25, 0.3) is 22.3 Å². The van der Waals surface area contributed by atoms with Gasteiger partial charge in [-0.05, 0) is 89.8 Å². The molecule has 0 bridgehead atoms. The molecule has 0 aliphatic heterocycles. The Hall–Kier alpha value is -4.08. The van der Waals surface area contributed by atoms with Gasteiger partial charge in [-0.25, -0.2) is 0 Å². The van der Waals surface area contributed by atoms with Crippen LogP contribution in [0.4, 0.5) is 0 Å². The van der Waals surface area contributed by atoms with Gasteiger partial charge in [0.05, 0.1) is 0 Å². The van der Waals surface area contributed by atoms with Gasteiger partial charge in [-0.15, -0.1) is 0 Å². The number of hydrogen-bond donors (Lipinski definition) is 4. The van der Waals surface area contributed by atoms with Crippen LogP contribution in [0.2, 0.25) is 0 Å². The SMILES string of the molecule is CC(C)(C)c1cc(-c2cc(C(C)(C)C)cc(C(C)(C)C)c2O)c(O)c(C(C)(C)C)c1.CC(C)(C)c1cc(-c2cc(C(C)(C)C)cc(C(C)(C)C)c2O)c(O)c(C(C)(C)C)c1.CC1=[C]([Zr])C2CC3C=CC=CC3C2C=C1. The zero-order valence-electron chi connectivity index (χ0n) is 51.4. The van der Waals surface area contributed by atoms with E-state index in [1.165, 1.54) is 12.0 Å². The maximum atomic E-state index is 11.4. The van der Waals surface area contributed by atoms with Crippen molar-refractivity contribution in [1.82, 2.24) is 0 Å². The molecule has 5 heteroatoms. The summed E-state index contributed by atoms with van der Waals surface area (Å²) in [4.78, 5) is 0. The van der Waals surface area contributed by atoms with Crippen molar-refractivity contribution in [2.24, 2.45) is 23.7 Å². The van der Waals surface area contributed by atoms with Crippen LogP contribution in [-0.2, 0) is 68.0 Å². The molecule has 4 atom stereocenters. The zero-order valence-corrected chi connectivity index (χ0v) is 53.8. The van der Waals surface area contributed by atoms with E-state index >= 15 is 0 Å². The van der Waals surface area contributed by atoms with Gasteiger partial charge >= 0.3 is 107 Å². The molecule has 4 aromatic carbocycles. The number of phenolic OH excluding ortho intramolecular Hbond substituents is 4. The molecular formula is C70H99O4Zr. The molecule has 4 N–H and O–H groups in total. The molecule has 0 radical (unpaired) electrons. The van der Waals surface area contributed by atoms with Crippen LogP contribution < -0.4 is 0 Å². The van der Waals surface area contributed by atoms with E-state index in [4.69, 9.17) is 0 Å². The van der Waals surface area contributed by atoms with Crippen LogP contribution >= 0.6 is 0 Å². The van der Waals surface area contributed by atoms with Gasteiger partial charge in [-0.2, -0.15) is 0 Å². The maximum absolute atomic E-state index is 11.4. The second kappa shape index (κ2) is 21.3. The first-order valence-corrected chi connectivity index (χ1v) is 29.0. The molecule has 1 fully saturated rings. The summed E-state index contributed by atoms with van der Waals surface area (Å²) in [6.45, 7) is 53.8. The minimum absolute atomic E-state index is 0.0768. The van der Waals surface area contributed by atoms with E-state index in [-0.39, 0.29) is 66.3 Å². The number of rotatable bonds is 2. The minimum atomic E-state index is -0.218. The fourth-order valence-electron chi connectivity index (χ4n) is 10.6. The zero-order chi connectivity index (χ0) is 57.3. The summed E-state index contributed by atoms with van der Waals surface area (Å²) >= 11 is 1.62. The van der Waals surface area contributed by atoms with Crippen LogP contribution in [0.15, 0.2) is 93.8 Å². The molecule has 4 aromatic rings. The number of hydrogen-bond acceptors (Lipinski definition) is 4. The number of allylic oxidation sites excluding steroid dienone is 8. The summed E-state index contributed by atoms with van der Waals surface area (Å²) < 4.78 is 1.71. The Morgan fingerprint density at radius 3 is 0.880 bits per heavy atom. The molecule has 0 heterocycles. The molecule has 407 valence electrons. The van der Waals surface area contributed by atoms with Crippen LogP contribution in [0, 0.1) is 23.7 Å². The van der Waals surface area contributed by atoms with Gasteiger partial charge < -0.3 is 20.4 Å². The molecule has 4 unspecified atom stereocenters. The third kappa shape index (κ3) is 14.0. The number of aromatic hydroxyl groups is 4. The van der Waals surface area contributed by atoms with Gasteiger partial charge in [-0.1, -0.05) is 190 Å². The van der Waals surface area contributed by atoms with Crippen molar-refractivity contribution < 1.29 is 45.1 Å². The average Bonchev–Trinajstić information content (AvgIpc) is 3.62. The summed E-state index contributed by atoms with van der Waals surface area (Å²) in [5.74, 6) is 4.25. The van der Waals surface area contributed by atoms with E-state index in [0.717, 1.165) is 68.2 Å². The Bertz CT molecular complexity index is 2560. The molecule has 3 aliphatic carbocycles. The summed E-state index contributed by atoms with van der Waals surface area (Å²) in [6, 6.07) is 16.7. The number of fused-ring (bicyclic) bond motifs is 3. The van der Waals surface area contributed by atoms with E-state index < -0.39 is 0 Å². The topological polar surface area (TPSA) is 80.9 Å². The van der Waals surface area contributed by atoms with Crippen LogP contribution in [-0.4, -0.2) is 20.4 Å². The van der Waals surface area contributed by atoms with Crippen LogP contribution in [0.5, 0.6) is 23.0 Å². The Morgan fingerprint density at radius 1 is 0.360 bits per heavy atom. The van der Waals surface area contributed by atoms with Crippen molar-refractivity contribution >= 4 is 0 Å². The summed E-state index contributed by atoms with van der Waals surface area (Å²) in [7, 11) is 0. The fourth-order valence-corrected chi connectivity index (χ4v) is 11.6. The normalized spacial score (nSPS) is 19.3. The van der Waals surface area contributed by atoms with E-state index in [0.29, 0.717) is 22.3 Å². The fraction of sp³-hybridized carbons (Fsp3) is 0.543. The van der Waals surface area contributed by atoms with Gasteiger partial charge in [0.1, 0.15) is 23.0 Å². The number of benzene rings is 4. The molecule has 1 saturated carbocycles. The molecule has 75 heavy (non-hydrogen) atoms. The molecule has 0 amide bonds. The first-order chi connectivity index (χ1) is 33.8. The van der Waals surface area contributed by atoms with Gasteiger partial charge in [0.15, 0.2) is 0 Å². The molecule has 4 nitrogen and oxygen atoms in total. The Labute approximate surface area is 472 Å². The van der Waals surface area contributed by atoms with E-state index in [2.05, 4.69) is 258 Å². The van der Waals surface area contributed by atoms with E-state index in [1.807, 2.05) is 0 Å². The van der Waals surface area contributed by atoms with Gasteiger partial charge in [0.25, 0.3) is 0 Å². The molecule has 3 aliphatic rings.